The highest BCUT2D eigenvalue weighted by Crippen LogP contribution is 1.83. The Bertz CT molecular complexity index is 136. The molecule has 0 aromatic rings. The van der Waals surface area contributed by atoms with Crippen LogP contribution in [0.15, 0.2) is 12.7 Å². The Labute approximate surface area is 71.5 Å². The maximum absolute atomic E-state index is 10.9. The third-order valence-corrected chi connectivity index (χ3v) is 2.77. The second kappa shape index (κ2) is 6.55. The van der Waals surface area contributed by atoms with Crippen LogP contribution in [-0.2, 0) is 10.8 Å². The molecular formula is C8H17NOS. The van der Waals surface area contributed by atoms with E-state index in [9.17, 15) is 4.21 Å². The second-order valence-electron chi connectivity index (χ2n) is 2.41. The molecule has 66 valence electrons. The Kier molecular flexibility index (Phi) is 6.46. The topological polar surface area (TPSA) is 29.1 Å². The molecule has 0 aromatic heterocycles. The Hall–Kier alpha value is -0.150. The van der Waals surface area contributed by atoms with Crippen molar-refractivity contribution in [2.24, 2.45) is 0 Å². The van der Waals surface area contributed by atoms with Gasteiger partial charge < -0.3 is 5.32 Å². The lowest BCUT2D eigenvalue weighted by atomic mass is 10.3. The molecule has 0 aliphatic heterocycles. The standard InChI is InChI=1S/C8H17NOS/c1-4-8(3)9-6-7-11(10)5-2/h4,8-9H,1,5-7H2,2-3H3. The van der Waals surface area contributed by atoms with Gasteiger partial charge in [0.1, 0.15) is 0 Å². The lowest BCUT2D eigenvalue weighted by molar-refractivity contribution is 0.650. The molecule has 1 N–H and O–H groups in total. The lowest BCUT2D eigenvalue weighted by Gasteiger charge is -2.07. The van der Waals surface area contributed by atoms with Crippen LogP contribution in [0.25, 0.3) is 0 Å². The minimum Gasteiger partial charge on any atom is -0.310 e. The number of hydrogen-bond acceptors (Lipinski definition) is 2. The number of nitrogens with one attached hydrogen (secondary N) is 1. The summed E-state index contributed by atoms with van der Waals surface area (Å²) >= 11 is 0. The van der Waals surface area contributed by atoms with E-state index in [0.29, 0.717) is 6.04 Å². The first kappa shape index (κ1) is 10.8. The third-order valence-electron chi connectivity index (χ3n) is 1.47. The fourth-order valence-electron chi connectivity index (χ4n) is 0.628. The number of rotatable bonds is 6. The molecule has 0 spiro atoms. The highest BCUT2D eigenvalue weighted by molar-refractivity contribution is 7.84. The van der Waals surface area contributed by atoms with Crippen molar-refractivity contribution in [3.8, 4) is 0 Å². The maximum atomic E-state index is 10.9. The van der Waals surface area contributed by atoms with Crippen molar-refractivity contribution in [3.05, 3.63) is 12.7 Å². The van der Waals surface area contributed by atoms with Crippen molar-refractivity contribution >= 4 is 10.8 Å². The Morgan fingerprint density at radius 3 is 2.82 bits per heavy atom. The highest BCUT2D eigenvalue weighted by atomic mass is 32.2. The molecule has 2 unspecified atom stereocenters. The van der Waals surface area contributed by atoms with E-state index in [4.69, 9.17) is 0 Å². The van der Waals surface area contributed by atoms with Crippen LogP contribution in [0.3, 0.4) is 0 Å². The molecule has 0 bridgehead atoms. The van der Waals surface area contributed by atoms with Crippen LogP contribution in [0.4, 0.5) is 0 Å². The van der Waals surface area contributed by atoms with Crippen molar-refractivity contribution in [3.63, 3.8) is 0 Å². The van der Waals surface area contributed by atoms with Crippen LogP contribution < -0.4 is 5.32 Å². The first-order valence-corrected chi connectivity index (χ1v) is 5.40. The fraction of sp³-hybridized carbons (Fsp3) is 0.750. The van der Waals surface area contributed by atoms with Gasteiger partial charge in [0.25, 0.3) is 0 Å². The van der Waals surface area contributed by atoms with Crippen molar-refractivity contribution in [2.45, 2.75) is 19.9 Å². The average Bonchev–Trinajstić information content (AvgIpc) is 2.04. The molecule has 0 fully saturated rings. The van der Waals surface area contributed by atoms with Crippen molar-refractivity contribution < 1.29 is 4.21 Å². The van der Waals surface area contributed by atoms with Crippen molar-refractivity contribution in [1.82, 2.24) is 5.32 Å². The molecule has 0 aliphatic carbocycles. The van der Waals surface area contributed by atoms with Gasteiger partial charge >= 0.3 is 0 Å². The summed E-state index contributed by atoms with van der Waals surface area (Å²) < 4.78 is 10.9. The zero-order valence-electron chi connectivity index (χ0n) is 7.30. The van der Waals surface area contributed by atoms with E-state index in [0.717, 1.165) is 18.1 Å². The first-order valence-electron chi connectivity index (χ1n) is 3.91. The summed E-state index contributed by atoms with van der Waals surface area (Å²) in [5.74, 6) is 1.50. The molecule has 0 aliphatic rings. The SMILES string of the molecule is C=CC(C)NCCS(=O)CC. The van der Waals surface area contributed by atoms with Gasteiger partial charge in [-0.05, 0) is 6.92 Å². The Balaban J connectivity index is 3.26. The van der Waals surface area contributed by atoms with Gasteiger partial charge in [0.15, 0.2) is 0 Å². The van der Waals surface area contributed by atoms with Crippen LogP contribution in [0, 0.1) is 0 Å². The summed E-state index contributed by atoms with van der Waals surface area (Å²) in [4.78, 5) is 0. The Morgan fingerprint density at radius 2 is 2.36 bits per heavy atom. The molecular weight excluding hydrogens is 158 g/mol. The molecule has 0 saturated carbocycles. The van der Waals surface area contributed by atoms with Gasteiger partial charge in [-0.2, -0.15) is 0 Å². The van der Waals surface area contributed by atoms with E-state index in [-0.39, 0.29) is 0 Å². The van der Waals surface area contributed by atoms with E-state index in [2.05, 4.69) is 11.9 Å². The lowest BCUT2D eigenvalue weighted by Crippen LogP contribution is -2.28. The van der Waals surface area contributed by atoms with Crippen LogP contribution in [0.1, 0.15) is 13.8 Å². The number of hydrogen-bond donors (Lipinski definition) is 1. The van der Waals surface area contributed by atoms with Crippen LogP contribution in [-0.4, -0.2) is 28.3 Å². The summed E-state index contributed by atoms with van der Waals surface area (Å²) in [5, 5.41) is 3.19. The molecule has 2 nitrogen and oxygen atoms in total. The average molecular weight is 175 g/mol. The van der Waals surface area contributed by atoms with Gasteiger partial charge in [-0.15, -0.1) is 6.58 Å². The summed E-state index contributed by atoms with van der Waals surface area (Å²) in [5.41, 5.74) is 0. The summed E-state index contributed by atoms with van der Waals surface area (Å²) in [6.45, 7) is 8.42. The van der Waals surface area contributed by atoms with Crippen LogP contribution in [0.2, 0.25) is 0 Å². The summed E-state index contributed by atoms with van der Waals surface area (Å²) in [6, 6.07) is 0.323. The van der Waals surface area contributed by atoms with Gasteiger partial charge in [-0.1, -0.05) is 13.0 Å². The van der Waals surface area contributed by atoms with E-state index < -0.39 is 10.8 Å². The van der Waals surface area contributed by atoms with E-state index in [1.807, 2.05) is 19.9 Å². The van der Waals surface area contributed by atoms with Crippen molar-refractivity contribution in [1.29, 1.82) is 0 Å². The maximum Gasteiger partial charge on any atom is 0.0360 e. The second-order valence-corrected chi connectivity index (χ2v) is 4.28. The van der Waals surface area contributed by atoms with Crippen LogP contribution >= 0.6 is 0 Å². The summed E-state index contributed by atoms with van der Waals surface area (Å²) in [7, 11) is -0.642. The van der Waals surface area contributed by atoms with Gasteiger partial charge in [0.2, 0.25) is 0 Å². The molecule has 0 rings (SSSR count). The minimum absolute atomic E-state index is 0.323. The monoisotopic (exact) mass is 175 g/mol. The van der Waals surface area contributed by atoms with Gasteiger partial charge in [0, 0.05) is 34.9 Å². The smallest absolute Gasteiger partial charge is 0.0360 e. The van der Waals surface area contributed by atoms with Gasteiger partial charge in [0.05, 0.1) is 0 Å². The normalized spacial score (nSPS) is 15.8. The quantitative estimate of drug-likeness (QED) is 0.608. The predicted molar refractivity (Wildman–Crippen MR) is 51.2 cm³/mol. The molecule has 3 heteroatoms. The summed E-state index contributed by atoms with van der Waals surface area (Å²) in [6.07, 6.45) is 1.84. The predicted octanol–water partition coefficient (Wildman–Crippen LogP) is 0.919. The Morgan fingerprint density at radius 1 is 1.73 bits per heavy atom. The molecule has 0 aromatic carbocycles. The third kappa shape index (κ3) is 6.26. The van der Waals surface area contributed by atoms with E-state index in [1.54, 1.807) is 0 Å². The molecule has 2 atom stereocenters. The van der Waals surface area contributed by atoms with E-state index in [1.165, 1.54) is 0 Å². The molecule has 0 saturated heterocycles. The molecule has 0 heterocycles. The minimum atomic E-state index is -0.642. The molecule has 0 radical (unpaired) electrons. The van der Waals surface area contributed by atoms with Crippen LogP contribution in [0.5, 0.6) is 0 Å². The zero-order chi connectivity index (χ0) is 8.69. The molecule has 11 heavy (non-hydrogen) atoms. The van der Waals surface area contributed by atoms with Crippen molar-refractivity contribution in [2.75, 3.05) is 18.1 Å². The van der Waals surface area contributed by atoms with Gasteiger partial charge in [-0.3, -0.25) is 4.21 Å². The fourth-order valence-corrected chi connectivity index (χ4v) is 1.26. The zero-order valence-corrected chi connectivity index (χ0v) is 8.12. The van der Waals surface area contributed by atoms with Gasteiger partial charge in [-0.25, -0.2) is 0 Å². The first-order chi connectivity index (χ1) is 5.20. The van der Waals surface area contributed by atoms with E-state index >= 15 is 0 Å². The molecule has 0 amide bonds. The highest BCUT2D eigenvalue weighted by Gasteiger charge is 1.96. The largest absolute Gasteiger partial charge is 0.310 e.